The molecule has 20 heavy (non-hydrogen) atoms. The molecule has 0 aromatic rings. The summed E-state index contributed by atoms with van der Waals surface area (Å²) < 4.78 is 5.40. The number of rotatable bonds is 5. The third-order valence-corrected chi connectivity index (χ3v) is 4.87. The summed E-state index contributed by atoms with van der Waals surface area (Å²) >= 11 is 0. The summed E-state index contributed by atoms with van der Waals surface area (Å²) in [6.45, 7) is 3.71. The van der Waals surface area contributed by atoms with E-state index in [4.69, 9.17) is 4.74 Å². The van der Waals surface area contributed by atoms with Crippen LogP contribution in [0.15, 0.2) is 4.99 Å². The van der Waals surface area contributed by atoms with Gasteiger partial charge >= 0.3 is 0 Å². The highest BCUT2D eigenvalue weighted by Gasteiger charge is 2.35. The fourth-order valence-corrected chi connectivity index (χ4v) is 3.27. The zero-order valence-electron chi connectivity index (χ0n) is 13.2. The van der Waals surface area contributed by atoms with Crippen LogP contribution in [0.4, 0.5) is 0 Å². The molecule has 1 unspecified atom stereocenters. The number of guanidine groups is 1. The topological polar surface area (TPSA) is 48.9 Å². The van der Waals surface area contributed by atoms with Crippen molar-refractivity contribution in [2.45, 2.75) is 37.6 Å². The third kappa shape index (κ3) is 3.85. The number of aliphatic imine (C=N–C) groups is 1. The summed E-state index contributed by atoms with van der Waals surface area (Å²) in [7, 11) is 6.23. The van der Waals surface area contributed by atoms with Crippen LogP contribution < -0.4 is 10.6 Å². The molecule has 0 amide bonds. The minimum atomic E-state index is 0.300. The lowest BCUT2D eigenvalue weighted by molar-refractivity contribution is 0.160. The number of hydrogen-bond acceptors (Lipinski definition) is 3. The van der Waals surface area contributed by atoms with Crippen LogP contribution in [0.1, 0.15) is 32.1 Å². The molecule has 1 heterocycles. The van der Waals surface area contributed by atoms with E-state index in [0.717, 1.165) is 38.7 Å². The Balaban J connectivity index is 1.77. The van der Waals surface area contributed by atoms with Crippen LogP contribution in [-0.2, 0) is 4.74 Å². The van der Waals surface area contributed by atoms with Gasteiger partial charge in [-0.2, -0.15) is 0 Å². The number of likely N-dealkylation sites (N-methyl/N-ethyl adjacent to an activating group) is 1. The van der Waals surface area contributed by atoms with Crippen molar-refractivity contribution in [3.63, 3.8) is 0 Å². The molecule has 1 aliphatic heterocycles. The van der Waals surface area contributed by atoms with E-state index in [1.165, 1.54) is 25.7 Å². The van der Waals surface area contributed by atoms with Crippen LogP contribution in [0, 0.1) is 5.92 Å². The molecule has 5 nitrogen and oxygen atoms in total. The molecule has 116 valence electrons. The molecule has 0 radical (unpaired) electrons. The first-order valence-corrected chi connectivity index (χ1v) is 7.86. The molecule has 0 bridgehead atoms. The van der Waals surface area contributed by atoms with E-state index in [9.17, 15) is 0 Å². The third-order valence-electron chi connectivity index (χ3n) is 4.87. The Morgan fingerprint density at radius 2 is 2.05 bits per heavy atom. The molecule has 1 aliphatic carbocycles. The molecule has 0 spiro atoms. The van der Waals surface area contributed by atoms with Gasteiger partial charge in [-0.05, 0) is 33.4 Å². The fraction of sp³-hybridized carbons (Fsp3) is 0.933. The Hall–Kier alpha value is -0.810. The summed E-state index contributed by atoms with van der Waals surface area (Å²) in [5, 5.41) is 6.95. The van der Waals surface area contributed by atoms with Gasteiger partial charge in [-0.3, -0.25) is 4.99 Å². The lowest BCUT2D eigenvalue weighted by Gasteiger charge is -2.37. The SMILES string of the molecule is CN=C(NCC1CCOC1)NCC1(N(C)C)CCCC1. The summed E-state index contributed by atoms with van der Waals surface area (Å²) in [6, 6.07) is 0. The predicted molar refractivity (Wildman–Crippen MR) is 83.2 cm³/mol. The number of hydrogen-bond donors (Lipinski definition) is 2. The van der Waals surface area contributed by atoms with Crippen molar-refractivity contribution in [1.82, 2.24) is 15.5 Å². The van der Waals surface area contributed by atoms with Gasteiger partial charge < -0.3 is 20.3 Å². The van der Waals surface area contributed by atoms with Crippen molar-refractivity contribution in [1.29, 1.82) is 0 Å². The molecule has 5 heteroatoms. The molecule has 1 saturated heterocycles. The van der Waals surface area contributed by atoms with E-state index in [2.05, 4.69) is 34.6 Å². The van der Waals surface area contributed by atoms with Crippen LogP contribution in [0.25, 0.3) is 0 Å². The first kappa shape index (κ1) is 15.6. The molecule has 1 atom stereocenters. The standard InChI is InChI=1S/C15H30N4O/c1-16-14(17-10-13-6-9-20-11-13)18-12-15(19(2)3)7-4-5-8-15/h13H,4-12H2,1-3H3,(H2,16,17,18). The fourth-order valence-electron chi connectivity index (χ4n) is 3.27. The molecule has 2 rings (SSSR count). The minimum absolute atomic E-state index is 0.300. The van der Waals surface area contributed by atoms with Gasteiger partial charge in [0.05, 0.1) is 6.61 Å². The Bertz CT molecular complexity index is 318. The van der Waals surface area contributed by atoms with E-state index in [1.54, 1.807) is 0 Å². The quantitative estimate of drug-likeness (QED) is 0.585. The minimum Gasteiger partial charge on any atom is -0.381 e. The van der Waals surface area contributed by atoms with Crippen molar-refractivity contribution in [3.8, 4) is 0 Å². The molecule has 0 aromatic heterocycles. The van der Waals surface area contributed by atoms with Crippen molar-refractivity contribution >= 4 is 5.96 Å². The van der Waals surface area contributed by atoms with Gasteiger partial charge in [0, 0.05) is 38.2 Å². The van der Waals surface area contributed by atoms with Gasteiger partial charge in [-0.15, -0.1) is 0 Å². The predicted octanol–water partition coefficient (Wildman–Crippen LogP) is 1.06. The Labute approximate surface area is 123 Å². The zero-order chi connectivity index (χ0) is 14.4. The number of nitrogens with one attached hydrogen (secondary N) is 2. The lowest BCUT2D eigenvalue weighted by Crippen LogP contribution is -2.53. The summed E-state index contributed by atoms with van der Waals surface area (Å²) in [6.07, 6.45) is 6.39. The first-order valence-electron chi connectivity index (χ1n) is 7.86. The van der Waals surface area contributed by atoms with Crippen LogP contribution >= 0.6 is 0 Å². The summed E-state index contributed by atoms with van der Waals surface area (Å²) in [4.78, 5) is 6.72. The zero-order valence-corrected chi connectivity index (χ0v) is 13.2. The molecule has 2 aliphatic rings. The van der Waals surface area contributed by atoms with E-state index >= 15 is 0 Å². The Morgan fingerprint density at radius 3 is 2.60 bits per heavy atom. The molecular weight excluding hydrogens is 252 g/mol. The highest BCUT2D eigenvalue weighted by molar-refractivity contribution is 5.79. The molecule has 2 N–H and O–H groups in total. The van der Waals surface area contributed by atoms with Crippen LogP contribution in [-0.4, -0.2) is 63.8 Å². The van der Waals surface area contributed by atoms with Gasteiger partial charge in [0.1, 0.15) is 0 Å². The normalized spacial score (nSPS) is 26.2. The van der Waals surface area contributed by atoms with Crippen LogP contribution in [0.3, 0.4) is 0 Å². The van der Waals surface area contributed by atoms with E-state index in [-0.39, 0.29) is 0 Å². The maximum absolute atomic E-state index is 5.40. The maximum atomic E-state index is 5.40. The molecule has 0 aromatic carbocycles. The Kier molecular flexibility index (Phi) is 5.66. The smallest absolute Gasteiger partial charge is 0.191 e. The maximum Gasteiger partial charge on any atom is 0.191 e. The highest BCUT2D eigenvalue weighted by atomic mass is 16.5. The van der Waals surface area contributed by atoms with Crippen molar-refractivity contribution in [2.75, 3.05) is 47.4 Å². The van der Waals surface area contributed by atoms with Crippen molar-refractivity contribution in [2.24, 2.45) is 10.9 Å². The average molecular weight is 282 g/mol. The van der Waals surface area contributed by atoms with Gasteiger partial charge in [-0.25, -0.2) is 0 Å². The first-order chi connectivity index (χ1) is 9.66. The molecule has 1 saturated carbocycles. The summed E-state index contributed by atoms with van der Waals surface area (Å²) in [5.41, 5.74) is 0.300. The van der Waals surface area contributed by atoms with E-state index in [1.807, 2.05) is 7.05 Å². The molecule has 2 fully saturated rings. The monoisotopic (exact) mass is 282 g/mol. The second kappa shape index (κ2) is 7.27. The number of ether oxygens (including phenoxy) is 1. The highest BCUT2D eigenvalue weighted by Crippen LogP contribution is 2.32. The second-order valence-corrected chi connectivity index (χ2v) is 6.36. The molecular formula is C15H30N4O. The van der Waals surface area contributed by atoms with Gasteiger partial charge in [0.15, 0.2) is 5.96 Å². The van der Waals surface area contributed by atoms with E-state index in [0.29, 0.717) is 11.5 Å². The Morgan fingerprint density at radius 1 is 1.30 bits per heavy atom. The van der Waals surface area contributed by atoms with Crippen molar-refractivity contribution < 1.29 is 4.74 Å². The van der Waals surface area contributed by atoms with Crippen molar-refractivity contribution in [3.05, 3.63) is 0 Å². The van der Waals surface area contributed by atoms with Gasteiger partial charge in [0.2, 0.25) is 0 Å². The van der Waals surface area contributed by atoms with E-state index < -0.39 is 0 Å². The van der Waals surface area contributed by atoms with Gasteiger partial charge in [0.25, 0.3) is 0 Å². The second-order valence-electron chi connectivity index (χ2n) is 6.36. The lowest BCUT2D eigenvalue weighted by atomic mass is 9.96. The number of nitrogens with zero attached hydrogens (tertiary/aromatic N) is 2. The van der Waals surface area contributed by atoms with Crippen LogP contribution in [0.5, 0.6) is 0 Å². The van der Waals surface area contributed by atoms with Crippen LogP contribution in [0.2, 0.25) is 0 Å². The largest absolute Gasteiger partial charge is 0.381 e. The average Bonchev–Trinajstić information content (AvgIpc) is 3.10. The summed E-state index contributed by atoms with van der Waals surface area (Å²) in [5.74, 6) is 1.55. The van der Waals surface area contributed by atoms with Gasteiger partial charge in [-0.1, -0.05) is 12.8 Å².